The maximum atomic E-state index is 12.1. The van der Waals surface area contributed by atoms with Gasteiger partial charge in [0.15, 0.2) is 0 Å². The van der Waals surface area contributed by atoms with Crippen LogP contribution >= 0.6 is 15.9 Å². The van der Waals surface area contributed by atoms with Gasteiger partial charge in [-0.1, -0.05) is 12.1 Å². The Morgan fingerprint density at radius 2 is 1.86 bits per heavy atom. The summed E-state index contributed by atoms with van der Waals surface area (Å²) in [6, 6.07) is 10.4. The lowest BCUT2D eigenvalue weighted by molar-refractivity contribution is -0.274. The van der Waals surface area contributed by atoms with E-state index in [1.807, 2.05) is 0 Å². The monoisotopic (exact) mass is 362 g/mol. The number of aromatic hydroxyl groups is 1. The number of benzene rings is 2. The molecule has 0 aromatic heterocycles. The second kappa shape index (κ2) is 6.26. The van der Waals surface area contributed by atoms with Gasteiger partial charge in [-0.3, -0.25) is 0 Å². The van der Waals surface area contributed by atoms with Crippen molar-refractivity contribution in [2.45, 2.75) is 13.0 Å². The Hall–Kier alpha value is -1.89. The van der Waals surface area contributed by atoms with Crippen molar-refractivity contribution in [1.29, 1.82) is 0 Å². The van der Waals surface area contributed by atoms with Gasteiger partial charge >= 0.3 is 6.36 Å². The molecule has 1 N–H and O–H groups in total. The molecule has 3 nitrogen and oxygen atoms in total. The lowest BCUT2D eigenvalue weighted by atomic mass is 10.2. The molecule has 0 atom stereocenters. The predicted octanol–water partition coefficient (Wildman–Crippen LogP) is 4.63. The van der Waals surface area contributed by atoms with Crippen LogP contribution < -0.4 is 9.47 Å². The van der Waals surface area contributed by atoms with Crippen LogP contribution in [0.5, 0.6) is 17.2 Å². The van der Waals surface area contributed by atoms with Crippen molar-refractivity contribution in [2.75, 3.05) is 0 Å². The minimum atomic E-state index is -4.74. The molecule has 0 amide bonds. The lowest BCUT2D eigenvalue weighted by Crippen LogP contribution is -2.17. The van der Waals surface area contributed by atoms with Crippen molar-refractivity contribution >= 4 is 15.9 Å². The summed E-state index contributed by atoms with van der Waals surface area (Å²) in [5.74, 6) is 0.151. The Labute approximate surface area is 127 Å². The summed E-state index contributed by atoms with van der Waals surface area (Å²) in [4.78, 5) is 0. The molecule has 0 heterocycles. The molecule has 0 radical (unpaired) electrons. The Morgan fingerprint density at radius 1 is 1.10 bits per heavy atom. The van der Waals surface area contributed by atoms with Crippen molar-refractivity contribution in [3.8, 4) is 17.2 Å². The van der Waals surface area contributed by atoms with Crippen LogP contribution in [0.3, 0.4) is 0 Å². The summed E-state index contributed by atoms with van der Waals surface area (Å²) in [5.41, 5.74) is 0.738. The van der Waals surface area contributed by atoms with Crippen LogP contribution in [0.25, 0.3) is 0 Å². The normalized spacial score (nSPS) is 11.2. The van der Waals surface area contributed by atoms with E-state index in [0.717, 1.165) is 11.6 Å². The van der Waals surface area contributed by atoms with Crippen LogP contribution in [-0.4, -0.2) is 11.5 Å². The standard InChI is InChI=1S/C14H10BrF3O3/c15-12-7-11(4-5-13(12)21-14(16,17)18)20-8-9-2-1-3-10(19)6-9/h1-7,19H,8H2. The molecule has 0 aliphatic carbocycles. The van der Waals surface area contributed by atoms with Crippen molar-refractivity contribution in [1.82, 2.24) is 0 Å². The molecule has 0 unspecified atom stereocenters. The van der Waals surface area contributed by atoms with E-state index in [4.69, 9.17) is 4.74 Å². The third kappa shape index (κ3) is 4.86. The highest BCUT2D eigenvalue weighted by Crippen LogP contribution is 2.33. The van der Waals surface area contributed by atoms with Gasteiger partial charge in [-0.2, -0.15) is 0 Å². The highest BCUT2D eigenvalue weighted by Gasteiger charge is 2.31. The van der Waals surface area contributed by atoms with E-state index >= 15 is 0 Å². The van der Waals surface area contributed by atoms with Crippen LogP contribution in [0.1, 0.15) is 5.56 Å². The fourth-order valence-corrected chi connectivity index (χ4v) is 2.03. The van der Waals surface area contributed by atoms with E-state index < -0.39 is 6.36 Å². The van der Waals surface area contributed by atoms with Gasteiger partial charge in [0.2, 0.25) is 0 Å². The lowest BCUT2D eigenvalue weighted by Gasteiger charge is -2.12. The van der Waals surface area contributed by atoms with Gasteiger partial charge in [-0.15, -0.1) is 13.2 Å². The molecule has 21 heavy (non-hydrogen) atoms. The summed E-state index contributed by atoms with van der Waals surface area (Å²) in [6.07, 6.45) is -4.74. The van der Waals surface area contributed by atoms with Gasteiger partial charge in [-0.05, 0) is 51.8 Å². The second-order valence-electron chi connectivity index (χ2n) is 4.10. The van der Waals surface area contributed by atoms with E-state index in [1.165, 1.54) is 24.3 Å². The number of halogens is 4. The van der Waals surface area contributed by atoms with Crippen molar-refractivity contribution in [2.24, 2.45) is 0 Å². The van der Waals surface area contributed by atoms with Crippen LogP contribution in [0, 0.1) is 0 Å². The third-order valence-corrected chi connectivity index (χ3v) is 3.06. The van der Waals surface area contributed by atoms with Crippen LogP contribution in [0.15, 0.2) is 46.9 Å². The Bertz CT molecular complexity index is 629. The van der Waals surface area contributed by atoms with Crippen LogP contribution in [0.2, 0.25) is 0 Å². The number of ether oxygens (including phenoxy) is 2. The van der Waals surface area contributed by atoms with E-state index in [0.29, 0.717) is 5.75 Å². The molecule has 0 fully saturated rings. The molecule has 112 valence electrons. The first-order valence-corrected chi connectivity index (χ1v) is 6.59. The molecule has 0 spiro atoms. The number of hydrogen-bond acceptors (Lipinski definition) is 3. The fraction of sp³-hybridized carbons (Fsp3) is 0.143. The van der Waals surface area contributed by atoms with Gasteiger partial charge < -0.3 is 14.6 Å². The molecular weight excluding hydrogens is 353 g/mol. The van der Waals surface area contributed by atoms with Crippen LogP contribution in [-0.2, 0) is 6.61 Å². The average Bonchev–Trinajstić information content (AvgIpc) is 2.38. The largest absolute Gasteiger partial charge is 0.573 e. The minimum absolute atomic E-state index is 0.117. The van der Waals surface area contributed by atoms with Crippen molar-refractivity contribution < 1.29 is 27.8 Å². The Morgan fingerprint density at radius 3 is 2.48 bits per heavy atom. The highest BCUT2D eigenvalue weighted by molar-refractivity contribution is 9.10. The molecule has 7 heteroatoms. The van der Waals surface area contributed by atoms with Gasteiger partial charge in [-0.25, -0.2) is 0 Å². The molecule has 2 rings (SSSR count). The highest BCUT2D eigenvalue weighted by atomic mass is 79.9. The van der Waals surface area contributed by atoms with E-state index in [9.17, 15) is 18.3 Å². The molecule has 0 saturated heterocycles. The predicted molar refractivity (Wildman–Crippen MR) is 73.3 cm³/mol. The minimum Gasteiger partial charge on any atom is -0.508 e. The first-order chi connectivity index (χ1) is 9.83. The number of alkyl halides is 3. The second-order valence-corrected chi connectivity index (χ2v) is 4.95. The maximum absolute atomic E-state index is 12.1. The first-order valence-electron chi connectivity index (χ1n) is 5.79. The molecule has 2 aromatic rings. The summed E-state index contributed by atoms with van der Waals surface area (Å²) in [5, 5.41) is 9.31. The molecule has 0 aliphatic rings. The fourth-order valence-electron chi connectivity index (χ4n) is 1.59. The Balaban J connectivity index is 2.03. The quantitative estimate of drug-likeness (QED) is 0.861. The first kappa shape index (κ1) is 15.5. The molecule has 0 aliphatic heterocycles. The van der Waals surface area contributed by atoms with E-state index in [2.05, 4.69) is 20.7 Å². The van der Waals surface area contributed by atoms with Gasteiger partial charge in [0, 0.05) is 0 Å². The zero-order valence-electron chi connectivity index (χ0n) is 10.5. The summed E-state index contributed by atoms with van der Waals surface area (Å²) in [7, 11) is 0. The van der Waals surface area contributed by atoms with Crippen LogP contribution in [0.4, 0.5) is 13.2 Å². The zero-order valence-corrected chi connectivity index (χ0v) is 12.1. The topological polar surface area (TPSA) is 38.7 Å². The SMILES string of the molecule is Oc1cccc(COc2ccc(OC(F)(F)F)c(Br)c2)c1. The summed E-state index contributed by atoms with van der Waals surface area (Å²) >= 11 is 2.99. The van der Waals surface area contributed by atoms with E-state index in [1.54, 1.807) is 12.1 Å². The van der Waals surface area contributed by atoms with Crippen molar-refractivity contribution in [3.63, 3.8) is 0 Å². The number of hydrogen-bond donors (Lipinski definition) is 1. The third-order valence-electron chi connectivity index (χ3n) is 2.45. The van der Waals surface area contributed by atoms with Gasteiger partial charge in [0.05, 0.1) is 4.47 Å². The number of rotatable bonds is 4. The number of phenols is 1. The average molecular weight is 363 g/mol. The molecule has 2 aromatic carbocycles. The zero-order chi connectivity index (χ0) is 15.5. The molecular formula is C14H10BrF3O3. The molecule has 0 bridgehead atoms. The summed E-state index contributed by atoms with van der Waals surface area (Å²) < 4.78 is 45.8. The smallest absolute Gasteiger partial charge is 0.508 e. The number of phenolic OH excluding ortho intramolecular Hbond substituents is 1. The molecule has 0 saturated carbocycles. The van der Waals surface area contributed by atoms with Crippen molar-refractivity contribution in [3.05, 3.63) is 52.5 Å². The Kier molecular flexibility index (Phi) is 4.62. The van der Waals surface area contributed by atoms with E-state index in [-0.39, 0.29) is 22.6 Å². The maximum Gasteiger partial charge on any atom is 0.573 e. The van der Waals surface area contributed by atoms with Gasteiger partial charge in [0.25, 0.3) is 0 Å². The van der Waals surface area contributed by atoms with Gasteiger partial charge in [0.1, 0.15) is 23.9 Å². The summed E-state index contributed by atoms with van der Waals surface area (Å²) in [6.45, 7) is 0.181.